The van der Waals surface area contributed by atoms with Crippen LogP contribution in [0.5, 0.6) is 5.75 Å². The average Bonchev–Trinajstić information content (AvgIpc) is 3.05. The van der Waals surface area contributed by atoms with Crippen LogP contribution >= 0.6 is 23.2 Å². The summed E-state index contributed by atoms with van der Waals surface area (Å²) >= 11 is 11.6. The van der Waals surface area contributed by atoms with Gasteiger partial charge in [-0.05, 0) is 18.1 Å². The van der Waals surface area contributed by atoms with E-state index in [4.69, 9.17) is 33.1 Å². The molecule has 1 aliphatic rings. The largest absolute Gasteiger partial charge is 0.490 e. The monoisotopic (exact) mass is 337 g/mol. The van der Waals surface area contributed by atoms with Gasteiger partial charge >= 0.3 is 0 Å². The number of benzene rings is 1. The van der Waals surface area contributed by atoms with E-state index in [1.165, 1.54) is 0 Å². The Morgan fingerprint density at radius 2 is 2.14 bits per heavy atom. The highest BCUT2D eigenvalue weighted by Crippen LogP contribution is 2.53. The molecule has 1 N–H and O–H groups in total. The molecule has 1 fully saturated rings. The number of rotatable bonds is 6. The van der Waals surface area contributed by atoms with E-state index in [1.807, 2.05) is 0 Å². The molecule has 1 aromatic carbocycles. The molecule has 0 aromatic heterocycles. The Bertz CT molecular complexity index is 593. The molecular formula is C13H11Cl2F2NO3. The van der Waals surface area contributed by atoms with Crippen molar-refractivity contribution in [1.29, 1.82) is 0 Å². The van der Waals surface area contributed by atoms with Gasteiger partial charge in [-0.15, -0.1) is 23.2 Å². The summed E-state index contributed by atoms with van der Waals surface area (Å²) in [5.41, 5.74) is -0.427. The third kappa shape index (κ3) is 3.83. The molecule has 0 saturated heterocycles. The molecule has 2 rings (SSSR count). The van der Waals surface area contributed by atoms with Gasteiger partial charge in [0, 0.05) is 18.4 Å². The minimum atomic E-state index is -0.856. The molecule has 0 spiro atoms. The number of hydrogen-bond acceptors (Lipinski definition) is 4. The second-order valence-corrected chi connectivity index (χ2v) is 6.28. The van der Waals surface area contributed by atoms with Crippen LogP contribution in [0.3, 0.4) is 0 Å². The summed E-state index contributed by atoms with van der Waals surface area (Å²) in [7, 11) is 0. The summed E-state index contributed by atoms with van der Waals surface area (Å²) < 4.78 is 31.9. The van der Waals surface area contributed by atoms with Crippen LogP contribution in [0.1, 0.15) is 12.0 Å². The fraction of sp³-hybridized carbons (Fsp3) is 0.385. The molecule has 1 aromatic rings. The van der Waals surface area contributed by atoms with Crippen molar-refractivity contribution in [3.8, 4) is 5.75 Å². The molecular weight excluding hydrogens is 327 g/mol. The van der Waals surface area contributed by atoms with E-state index in [-0.39, 0.29) is 42.3 Å². The predicted octanol–water partition coefficient (Wildman–Crippen LogP) is 3.11. The number of aldehydes is 1. The van der Waals surface area contributed by atoms with Crippen LogP contribution in [0, 0.1) is 17.6 Å². The van der Waals surface area contributed by atoms with Gasteiger partial charge in [0.25, 0.3) is 0 Å². The summed E-state index contributed by atoms with van der Waals surface area (Å²) in [6.07, 6.45) is 0.474. The van der Waals surface area contributed by atoms with Gasteiger partial charge in [0.15, 0.2) is 17.9 Å². The number of halogens is 4. The second kappa shape index (κ2) is 6.15. The van der Waals surface area contributed by atoms with Crippen molar-refractivity contribution in [2.45, 2.75) is 17.2 Å². The van der Waals surface area contributed by atoms with Gasteiger partial charge in [0.05, 0.1) is 6.61 Å². The van der Waals surface area contributed by atoms with Gasteiger partial charge in [-0.1, -0.05) is 5.16 Å². The van der Waals surface area contributed by atoms with Crippen molar-refractivity contribution in [2.75, 3.05) is 6.61 Å². The Balaban J connectivity index is 2.08. The highest BCUT2D eigenvalue weighted by atomic mass is 35.5. The topological polar surface area (TPSA) is 58.9 Å². The second-order valence-electron chi connectivity index (χ2n) is 4.73. The number of ether oxygens (including phenoxy) is 1. The molecule has 1 atom stereocenters. The van der Waals surface area contributed by atoms with Crippen molar-refractivity contribution in [3.63, 3.8) is 0 Å². The van der Waals surface area contributed by atoms with Crippen LogP contribution in [0.15, 0.2) is 17.3 Å². The zero-order valence-corrected chi connectivity index (χ0v) is 12.2. The van der Waals surface area contributed by atoms with E-state index in [0.29, 0.717) is 6.42 Å². The van der Waals surface area contributed by atoms with Gasteiger partial charge < -0.3 is 9.94 Å². The average molecular weight is 338 g/mol. The number of hydrogen-bond donors (Lipinski definition) is 1. The Kier molecular flexibility index (Phi) is 4.68. The number of alkyl halides is 2. The number of carbonyl (C=O) groups is 1. The first-order valence-corrected chi connectivity index (χ1v) is 6.77. The Morgan fingerprint density at radius 3 is 2.67 bits per heavy atom. The Hall–Kier alpha value is -1.40. The maximum absolute atomic E-state index is 13.8. The third-order valence-electron chi connectivity index (χ3n) is 3.13. The summed E-state index contributed by atoms with van der Waals surface area (Å²) in [6.45, 7) is 0.0837. The van der Waals surface area contributed by atoms with Crippen LogP contribution in [0.4, 0.5) is 8.78 Å². The van der Waals surface area contributed by atoms with Crippen LogP contribution in [-0.2, 0) is 11.2 Å². The summed E-state index contributed by atoms with van der Waals surface area (Å²) in [4.78, 5) is 10.5. The van der Waals surface area contributed by atoms with Crippen LogP contribution in [-0.4, -0.2) is 28.1 Å². The summed E-state index contributed by atoms with van der Waals surface area (Å²) in [5, 5.41) is 11.2. The van der Waals surface area contributed by atoms with Crippen LogP contribution in [0.2, 0.25) is 0 Å². The molecule has 1 saturated carbocycles. The first kappa shape index (κ1) is 16.0. The minimum absolute atomic E-state index is 0.0837. The molecule has 4 nitrogen and oxygen atoms in total. The van der Waals surface area contributed by atoms with Crippen molar-refractivity contribution in [2.24, 2.45) is 11.1 Å². The first-order valence-electron chi connectivity index (χ1n) is 6.02. The van der Waals surface area contributed by atoms with E-state index < -0.39 is 16.0 Å². The van der Waals surface area contributed by atoms with Crippen LogP contribution < -0.4 is 4.74 Å². The molecule has 0 amide bonds. The molecule has 1 unspecified atom stereocenters. The molecule has 0 aliphatic heterocycles. The SMILES string of the molecule is O=CC(Cc1cc(F)c(OCC2CC2(Cl)Cl)cc1F)=NO. The molecule has 114 valence electrons. The quantitative estimate of drug-likeness (QED) is 0.285. The van der Waals surface area contributed by atoms with Gasteiger partial charge in [-0.3, -0.25) is 4.79 Å². The van der Waals surface area contributed by atoms with Gasteiger partial charge in [-0.25, -0.2) is 8.78 Å². The lowest BCUT2D eigenvalue weighted by molar-refractivity contribution is -0.102. The summed E-state index contributed by atoms with van der Waals surface area (Å²) in [5.74, 6) is -1.94. The molecule has 21 heavy (non-hydrogen) atoms. The Morgan fingerprint density at radius 1 is 1.48 bits per heavy atom. The van der Waals surface area contributed by atoms with Gasteiger partial charge in [-0.2, -0.15) is 0 Å². The fourth-order valence-corrected chi connectivity index (χ4v) is 2.25. The predicted molar refractivity (Wildman–Crippen MR) is 73.4 cm³/mol. The normalized spacial score (nSPS) is 20.2. The molecule has 0 radical (unpaired) electrons. The van der Waals surface area contributed by atoms with E-state index >= 15 is 0 Å². The highest BCUT2D eigenvalue weighted by molar-refractivity contribution is 6.50. The van der Waals surface area contributed by atoms with Crippen LogP contribution in [0.25, 0.3) is 0 Å². The van der Waals surface area contributed by atoms with E-state index in [0.717, 1.165) is 12.1 Å². The lowest BCUT2D eigenvalue weighted by Gasteiger charge is -2.09. The third-order valence-corrected chi connectivity index (χ3v) is 4.06. The smallest absolute Gasteiger partial charge is 0.167 e. The van der Waals surface area contributed by atoms with E-state index in [9.17, 15) is 13.6 Å². The fourth-order valence-electron chi connectivity index (χ4n) is 1.75. The van der Waals surface area contributed by atoms with Crippen molar-refractivity contribution in [1.82, 2.24) is 0 Å². The maximum Gasteiger partial charge on any atom is 0.167 e. The zero-order valence-electron chi connectivity index (χ0n) is 10.7. The van der Waals surface area contributed by atoms with Crippen molar-refractivity contribution in [3.05, 3.63) is 29.3 Å². The molecule has 0 bridgehead atoms. The number of carbonyl (C=O) groups excluding carboxylic acids is 1. The van der Waals surface area contributed by atoms with E-state index in [1.54, 1.807) is 0 Å². The van der Waals surface area contributed by atoms with Crippen molar-refractivity contribution < 1.29 is 23.5 Å². The highest BCUT2D eigenvalue weighted by Gasteiger charge is 2.52. The number of oxime groups is 1. The Labute approximate surface area is 129 Å². The molecule has 8 heteroatoms. The zero-order chi connectivity index (χ0) is 15.6. The maximum atomic E-state index is 13.8. The lowest BCUT2D eigenvalue weighted by atomic mass is 10.1. The standard InChI is InChI=1S/C13H11Cl2F2NO3/c14-13(15)4-8(13)6-21-12-3-10(16)7(2-11(12)17)1-9(5-19)18-20/h2-3,5,8,20H,1,4,6H2. The summed E-state index contributed by atoms with van der Waals surface area (Å²) in [6, 6.07) is 1.76. The molecule has 0 heterocycles. The minimum Gasteiger partial charge on any atom is -0.490 e. The van der Waals surface area contributed by atoms with Crippen molar-refractivity contribution >= 4 is 35.2 Å². The lowest BCUT2D eigenvalue weighted by Crippen LogP contribution is -2.09. The molecule has 1 aliphatic carbocycles. The van der Waals surface area contributed by atoms with E-state index in [2.05, 4.69) is 5.16 Å². The first-order chi connectivity index (χ1) is 9.87. The van der Waals surface area contributed by atoms with Gasteiger partial charge in [0.2, 0.25) is 0 Å². The van der Waals surface area contributed by atoms with Gasteiger partial charge in [0.1, 0.15) is 15.9 Å². The number of nitrogens with zero attached hydrogens (tertiary/aromatic N) is 1.